The van der Waals surface area contributed by atoms with Gasteiger partial charge in [-0.25, -0.2) is 4.98 Å². The highest BCUT2D eigenvalue weighted by Crippen LogP contribution is 2.24. The Morgan fingerprint density at radius 1 is 1.11 bits per heavy atom. The SMILES string of the molecule is COc1ccc(OCCNC(=O)c2nc(C(C)(C)C)n3ccccc23)cc1. The lowest BCUT2D eigenvalue weighted by Gasteiger charge is -2.16. The lowest BCUT2D eigenvalue weighted by atomic mass is 9.96. The maximum absolute atomic E-state index is 12.6. The Morgan fingerprint density at radius 3 is 2.48 bits per heavy atom. The van der Waals surface area contributed by atoms with Gasteiger partial charge in [-0.1, -0.05) is 26.8 Å². The van der Waals surface area contributed by atoms with E-state index in [1.54, 1.807) is 7.11 Å². The number of hydrogen-bond donors (Lipinski definition) is 1. The number of rotatable bonds is 6. The Bertz CT molecular complexity index is 924. The van der Waals surface area contributed by atoms with E-state index in [2.05, 4.69) is 31.1 Å². The third kappa shape index (κ3) is 4.22. The molecular weight excluding hydrogens is 342 g/mol. The molecule has 142 valence electrons. The normalized spacial score (nSPS) is 11.4. The van der Waals surface area contributed by atoms with Gasteiger partial charge in [0.05, 0.1) is 19.2 Å². The first-order chi connectivity index (χ1) is 12.9. The summed E-state index contributed by atoms with van der Waals surface area (Å²) in [6.07, 6.45) is 1.94. The summed E-state index contributed by atoms with van der Waals surface area (Å²) in [5.74, 6) is 2.16. The standard InChI is InChI=1S/C21H25N3O3/c1-21(2,3)20-23-18(17-7-5-6-13-24(17)20)19(25)22-12-14-27-16-10-8-15(26-4)9-11-16/h5-11,13H,12,14H2,1-4H3,(H,22,25). The summed E-state index contributed by atoms with van der Waals surface area (Å²) in [6.45, 7) is 7.01. The van der Waals surface area contributed by atoms with Gasteiger partial charge in [-0.15, -0.1) is 0 Å². The molecule has 6 heteroatoms. The predicted octanol–water partition coefficient (Wildman–Crippen LogP) is 3.45. The van der Waals surface area contributed by atoms with Crippen LogP contribution in [-0.2, 0) is 5.41 Å². The van der Waals surface area contributed by atoms with E-state index in [1.165, 1.54) is 0 Å². The largest absolute Gasteiger partial charge is 0.497 e. The van der Waals surface area contributed by atoms with Crippen LogP contribution >= 0.6 is 0 Å². The summed E-state index contributed by atoms with van der Waals surface area (Å²) in [7, 11) is 1.62. The number of fused-ring (bicyclic) bond motifs is 1. The zero-order valence-electron chi connectivity index (χ0n) is 16.2. The van der Waals surface area contributed by atoms with Crippen molar-refractivity contribution in [2.24, 2.45) is 0 Å². The second-order valence-corrected chi connectivity index (χ2v) is 7.27. The van der Waals surface area contributed by atoms with E-state index in [0.717, 1.165) is 22.8 Å². The lowest BCUT2D eigenvalue weighted by Crippen LogP contribution is -2.28. The maximum atomic E-state index is 12.6. The topological polar surface area (TPSA) is 64.9 Å². The van der Waals surface area contributed by atoms with Crippen molar-refractivity contribution in [3.63, 3.8) is 0 Å². The first-order valence-corrected chi connectivity index (χ1v) is 8.93. The number of imidazole rings is 1. The molecule has 6 nitrogen and oxygen atoms in total. The van der Waals surface area contributed by atoms with Crippen molar-refractivity contribution in [1.82, 2.24) is 14.7 Å². The number of nitrogens with one attached hydrogen (secondary N) is 1. The van der Waals surface area contributed by atoms with Gasteiger partial charge in [0.1, 0.15) is 23.9 Å². The number of carbonyl (C=O) groups is 1. The van der Waals surface area contributed by atoms with Crippen molar-refractivity contribution >= 4 is 11.4 Å². The third-order valence-electron chi connectivity index (χ3n) is 4.15. The van der Waals surface area contributed by atoms with Crippen molar-refractivity contribution in [1.29, 1.82) is 0 Å². The molecule has 0 fully saturated rings. The highest BCUT2D eigenvalue weighted by Gasteiger charge is 2.24. The molecule has 2 heterocycles. The van der Waals surface area contributed by atoms with Crippen LogP contribution in [-0.4, -0.2) is 35.6 Å². The van der Waals surface area contributed by atoms with Gasteiger partial charge in [0.25, 0.3) is 5.91 Å². The molecule has 27 heavy (non-hydrogen) atoms. The fraction of sp³-hybridized carbons (Fsp3) is 0.333. The highest BCUT2D eigenvalue weighted by atomic mass is 16.5. The smallest absolute Gasteiger partial charge is 0.272 e. The number of methoxy groups -OCH3 is 1. The van der Waals surface area contributed by atoms with Crippen molar-refractivity contribution in [3.05, 3.63) is 60.2 Å². The van der Waals surface area contributed by atoms with Crippen LogP contribution in [0.15, 0.2) is 48.7 Å². The summed E-state index contributed by atoms with van der Waals surface area (Å²) < 4.78 is 12.7. The van der Waals surface area contributed by atoms with E-state index >= 15 is 0 Å². The zero-order chi connectivity index (χ0) is 19.4. The quantitative estimate of drug-likeness (QED) is 0.678. The van der Waals surface area contributed by atoms with Crippen molar-refractivity contribution in [2.45, 2.75) is 26.2 Å². The van der Waals surface area contributed by atoms with E-state index in [4.69, 9.17) is 9.47 Å². The van der Waals surface area contributed by atoms with Gasteiger partial charge in [0.2, 0.25) is 0 Å². The van der Waals surface area contributed by atoms with Gasteiger partial charge in [0.15, 0.2) is 5.69 Å². The number of hydrogen-bond acceptors (Lipinski definition) is 4. The first-order valence-electron chi connectivity index (χ1n) is 8.93. The molecule has 0 radical (unpaired) electrons. The molecule has 1 N–H and O–H groups in total. The number of carbonyl (C=O) groups excluding carboxylic acids is 1. The lowest BCUT2D eigenvalue weighted by molar-refractivity contribution is 0.0944. The van der Waals surface area contributed by atoms with Crippen LogP contribution in [0.2, 0.25) is 0 Å². The summed E-state index contributed by atoms with van der Waals surface area (Å²) >= 11 is 0. The highest BCUT2D eigenvalue weighted by molar-refractivity contribution is 5.99. The average Bonchev–Trinajstić information content (AvgIpc) is 3.06. The number of aromatic nitrogens is 2. The summed E-state index contributed by atoms with van der Waals surface area (Å²) in [6, 6.07) is 13.1. The fourth-order valence-corrected chi connectivity index (χ4v) is 2.82. The molecule has 0 saturated heterocycles. The maximum Gasteiger partial charge on any atom is 0.272 e. The Hall–Kier alpha value is -3.02. The fourth-order valence-electron chi connectivity index (χ4n) is 2.82. The Kier molecular flexibility index (Phi) is 5.35. The molecule has 3 aromatic rings. The molecule has 0 unspecified atom stereocenters. The van der Waals surface area contributed by atoms with Crippen LogP contribution in [0.4, 0.5) is 0 Å². The summed E-state index contributed by atoms with van der Waals surface area (Å²) in [5, 5.41) is 2.88. The number of benzene rings is 1. The third-order valence-corrected chi connectivity index (χ3v) is 4.15. The summed E-state index contributed by atoms with van der Waals surface area (Å²) in [5.41, 5.74) is 1.07. The monoisotopic (exact) mass is 367 g/mol. The van der Waals surface area contributed by atoms with Crippen LogP contribution in [0.5, 0.6) is 11.5 Å². The molecular formula is C21H25N3O3. The van der Waals surface area contributed by atoms with Crippen LogP contribution in [0.1, 0.15) is 37.1 Å². The van der Waals surface area contributed by atoms with E-state index in [1.807, 2.05) is 53.1 Å². The number of ether oxygens (including phenoxy) is 2. The average molecular weight is 367 g/mol. The van der Waals surface area contributed by atoms with E-state index in [-0.39, 0.29) is 11.3 Å². The molecule has 0 saturated carbocycles. The van der Waals surface area contributed by atoms with E-state index in [0.29, 0.717) is 18.8 Å². The number of pyridine rings is 1. The molecule has 3 rings (SSSR count). The number of amides is 1. The Labute approximate surface area is 159 Å². The van der Waals surface area contributed by atoms with Gasteiger partial charge in [0, 0.05) is 11.6 Å². The molecule has 0 atom stereocenters. The first kappa shape index (κ1) is 18.8. The molecule has 0 aliphatic rings. The molecule has 1 amide bonds. The van der Waals surface area contributed by atoms with E-state index in [9.17, 15) is 4.79 Å². The molecule has 0 aliphatic heterocycles. The zero-order valence-corrected chi connectivity index (χ0v) is 16.2. The van der Waals surface area contributed by atoms with Gasteiger partial charge in [-0.05, 0) is 36.4 Å². The van der Waals surface area contributed by atoms with E-state index < -0.39 is 0 Å². The van der Waals surface area contributed by atoms with Crippen molar-refractivity contribution in [2.75, 3.05) is 20.3 Å². The molecule has 1 aromatic carbocycles. The minimum absolute atomic E-state index is 0.166. The Balaban J connectivity index is 1.64. The molecule has 2 aromatic heterocycles. The van der Waals surface area contributed by atoms with Gasteiger partial charge >= 0.3 is 0 Å². The van der Waals surface area contributed by atoms with Gasteiger partial charge in [-0.3, -0.25) is 4.79 Å². The number of nitrogens with zero attached hydrogens (tertiary/aromatic N) is 2. The minimum atomic E-state index is -0.201. The van der Waals surface area contributed by atoms with Gasteiger partial charge in [-0.2, -0.15) is 0 Å². The second kappa shape index (κ2) is 7.70. The second-order valence-electron chi connectivity index (χ2n) is 7.27. The molecule has 0 bridgehead atoms. The van der Waals surface area contributed by atoms with Crippen molar-refractivity contribution < 1.29 is 14.3 Å². The minimum Gasteiger partial charge on any atom is -0.497 e. The predicted molar refractivity (Wildman–Crippen MR) is 105 cm³/mol. The summed E-state index contributed by atoms with van der Waals surface area (Å²) in [4.78, 5) is 17.2. The van der Waals surface area contributed by atoms with Crippen molar-refractivity contribution in [3.8, 4) is 11.5 Å². The molecule has 0 aliphatic carbocycles. The van der Waals surface area contributed by atoms with Gasteiger partial charge < -0.3 is 19.2 Å². The van der Waals surface area contributed by atoms with Crippen LogP contribution in [0, 0.1) is 0 Å². The van der Waals surface area contributed by atoms with Crippen LogP contribution in [0.3, 0.4) is 0 Å². The van der Waals surface area contributed by atoms with Crippen LogP contribution in [0.25, 0.3) is 5.52 Å². The van der Waals surface area contributed by atoms with Crippen LogP contribution < -0.4 is 14.8 Å². The molecule has 0 spiro atoms. The Morgan fingerprint density at radius 2 is 1.81 bits per heavy atom.